The molecule has 2 nitrogen and oxygen atoms in total. The molecular weight excluding hydrogens is 309 g/mol. The van der Waals surface area contributed by atoms with Gasteiger partial charge in [0, 0.05) is 18.0 Å². The van der Waals surface area contributed by atoms with E-state index in [9.17, 15) is 13.2 Å². The number of hydrogen-bond acceptors (Lipinski definition) is 2. The molecular formula is C13H8ClF3N2S. The van der Waals surface area contributed by atoms with Crippen LogP contribution in [-0.2, 0) is 6.18 Å². The number of nitrogens with one attached hydrogen (secondary N) is 1. The summed E-state index contributed by atoms with van der Waals surface area (Å²) in [7, 11) is 0. The number of rotatable bonds is 2. The van der Waals surface area contributed by atoms with E-state index >= 15 is 0 Å². The lowest BCUT2D eigenvalue weighted by atomic mass is 10.1. The van der Waals surface area contributed by atoms with Gasteiger partial charge in [0.2, 0.25) is 0 Å². The molecule has 2 rings (SSSR count). The summed E-state index contributed by atoms with van der Waals surface area (Å²) in [6, 6.07) is 6.64. The van der Waals surface area contributed by atoms with Gasteiger partial charge in [-0.15, -0.1) is 0 Å². The van der Waals surface area contributed by atoms with E-state index in [1.54, 1.807) is 0 Å². The Morgan fingerprint density at radius 1 is 1.20 bits per heavy atom. The van der Waals surface area contributed by atoms with Gasteiger partial charge in [0.15, 0.2) is 0 Å². The zero-order valence-corrected chi connectivity index (χ0v) is 11.5. The zero-order valence-electron chi connectivity index (χ0n) is 9.91. The SMILES string of the molecule is FC(F)(F)c1ccccc1NC(=S)c1ccncc1Cl. The van der Waals surface area contributed by atoms with Crippen molar-refractivity contribution in [2.75, 3.05) is 5.32 Å². The third-order valence-electron chi connectivity index (χ3n) is 2.50. The highest BCUT2D eigenvalue weighted by atomic mass is 35.5. The average Bonchev–Trinajstić information content (AvgIpc) is 2.38. The van der Waals surface area contributed by atoms with Gasteiger partial charge in [0.05, 0.1) is 16.3 Å². The quantitative estimate of drug-likeness (QED) is 0.823. The molecule has 0 aliphatic rings. The molecule has 0 atom stereocenters. The van der Waals surface area contributed by atoms with Gasteiger partial charge in [-0.25, -0.2) is 0 Å². The van der Waals surface area contributed by atoms with Gasteiger partial charge >= 0.3 is 6.18 Å². The number of alkyl halides is 3. The fraction of sp³-hybridized carbons (Fsp3) is 0.0769. The van der Waals surface area contributed by atoms with Crippen molar-refractivity contribution in [2.24, 2.45) is 0 Å². The standard InChI is InChI=1S/C13H8ClF3N2S/c14-10-7-18-6-5-8(10)12(20)19-11-4-2-1-3-9(11)13(15,16)17/h1-7H,(H,19,20). The first-order valence-corrected chi connectivity index (χ1v) is 6.25. The highest BCUT2D eigenvalue weighted by Gasteiger charge is 2.33. The summed E-state index contributed by atoms with van der Waals surface area (Å²) < 4.78 is 38.6. The molecule has 20 heavy (non-hydrogen) atoms. The fourth-order valence-electron chi connectivity index (χ4n) is 1.59. The maximum Gasteiger partial charge on any atom is 0.418 e. The second kappa shape index (κ2) is 5.76. The van der Waals surface area contributed by atoms with Gasteiger partial charge in [-0.2, -0.15) is 13.2 Å². The molecule has 0 fully saturated rings. The lowest BCUT2D eigenvalue weighted by molar-refractivity contribution is -0.136. The number of hydrogen-bond donors (Lipinski definition) is 1. The van der Waals surface area contributed by atoms with Crippen LogP contribution in [0.4, 0.5) is 18.9 Å². The van der Waals surface area contributed by atoms with Crippen LogP contribution in [0.3, 0.4) is 0 Å². The number of aromatic nitrogens is 1. The molecule has 7 heteroatoms. The first kappa shape index (κ1) is 14.7. The Balaban J connectivity index is 2.32. The summed E-state index contributed by atoms with van der Waals surface area (Å²) >= 11 is 11.0. The largest absolute Gasteiger partial charge is 0.418 e. The lowest BCUT2D eigenvalue weighted by Crippen LogP contribution is -2.16. The third kappa shape index (κ3) is 3.26. The smallest absolute Gasteiger partial charge is 0.346 e. The molecule has 2 aromatic rings. The normalized spacial score (nSPS) is 11.2. The van der Waals surface area contributed by atoms with E-state index in [0.717, 1.165) is 6.07 Å². The fourth-order valence-corrected chi connectivity index (χ4v) is 2.15. The van der Waals surface area contributed by atoms with Crippen molar-refractivity contribution in [3.05, 3.63) is 58.9 Å². The summed E-state index contributed by atoms with van der Waals surface area (Å²) in [6.07, 6.45) is -1.62. The van der Waals surface area contributed by atoms with E-state index in [4.69, 9.17) is 23.8 Å². The lowest BCUT2D eigenvalue weighted by Gasteiger charge is -2.15. The zero-order chi connectivity index (χ0) is 14.8. The summed E-state index contributed by atoms with van der Waals surface area (Å²) in [4.78, 5) is 3.90. The maximum absolute atomic E-state index is 12.9. The molecule has 0 aliphatic heterocycles. The van der Waals surface area contributed by atoms with Gasteiger partial charge in [-0.3, -0.25) is 4.98 Å². The Hall–Kier alpha value is -1.66. The van der Waals surface area contributed by atoms with Gasteiger partial charge in [-0.1, -0.05) is 36.0 Å². The van der Waals surface area contributed by atoms with Crippen molar-refractivity contribution in [3.8, 4) is 0 Å². The molecule has 0 unspecified atom stereocenters. The van der Waals surface area contributed by atoms with Crippen LogP contribution in [-0.4, -0.2) is 9.97 Å². The maximum atomic E-state index is 12.9. The third-order valence-corrected chi connectivity index (χ3v) is 3.12. The number of thiocarbonyl (C=S) groups is 1. The first-order valence-electron chi connectivity index (χ1n) is 5.46. The molecule has 1 aromatic carbocycles. The van der Waals surface area contributed by atoms with Crippen LogP contribution in [0.5, 0.6) is 0 Å². The summed E-state index contributed by atoms with van der Waals surface area (Å²) in [5.41, 5.74) is -0.473. The van der Waals surface area contributed by atoms with Crippen molar-refractivity contribution in [1.82, 2.24) is 4.98 Å². The van der Waals surface area contributed by atoms with Crippen LogP contribution < -0.4 is 5.32 Å². The first-order chi connectivity index (χ1) is 9.39. The van der Waals surface area contributed by atoms with Crippen LogP contribution in [0.2, 0.25) is 5.02 Å². The molecule has 0 bridgehead atoms. The number of para-hydroxylation sites is 1. The highest BCUT2D eigenvalue weighted by molar-refractivity contribution is 7.81. The van der Waals surface area contributed by atoms with Gasteiger partial charge < -0.3 is 5.32 Å². The van der Waals surface area contributed by atoms with E-state index in [1.807, 2.05) is 0 Å². The van der Waals surface area contributed by atoms with Crippen molar-refractivity contribution in [3.63, 3.8) is 0 Å². The van der Waals surface area contributed by atoms with E-state index < -0.39 is 11.7 Å². The van der Waals surface area contributed by atoms with Gasteiger partial charge in [0.25, 0.3) is 0 Å². The minimum Gasteiger partial charge on any atom is -0.346 e. The molecule has 1 aromatic heterocycles. The van der Waals surface area contributed by atoms with E-state index in [2.05, 4.69) is 10.3 Å². The van der Waals surface area contributed by atoms with Gasteiger partial charge in [0.1, 0.15) is 4.99 Å². The minimum atomic E-state index is -4.46. The Labute approximate surface area is 123 Å². The molecule has 0 amide bonds. The van der Waals surface area contributed by atoms with E-state index in [1.165, 1.54) is 36.7 Å². The minimum absolute atomic E-state index is 0.106. The van der Waals surface area contributed by atoms with Crippen LogP contribution >= 0.6 is 23.8 Å². The van der Waals surface area contributed by atoms with Crippen LogP contribution in [0.25, 0.3) is 0 Å². The molecule has 0 aliphatic carbocycles. The second-order valence-corrected chi connectivity index (χ2v) is 4.67. The number of nitrogens with zero attached hydrogens (tertiary/aromatic N) is 1. The predicted molar refractivity (Wildman–Crippen MR) is 76.0 cm³/mol. The van der Waals surface area contributed by atoms with Crippen molar-refractivity contribution >= 4 is 34.5 Å². The van der Waals surface area contributed by atoms with Crippen LogP contribution in [0, 0.1) is 0 Å². The number of anilines is 1. The summed E-state index contributed by atoms with van der Waals surface area (Å²) in [6.45, 7) is 0. The summed E-state index contributed by atoms with van der Waals surface area (Å²) in [5, 5.41) is 2.85. The number of benzene rings is 1. The Kier molecular flexibility index (Phi) is 4.25. The number of pyridine rings is 1. The monoisotopic (exact) mass is 316 g/mol. The Bertz CT molecular complexity index is 644. The van der Waals surface area contributed by atoms with Gasteiger partial charge in [-0.05, 0) is 18.2 Å². The topological polar surface area (TPSA) is 24.9 Å². The second-order valence-electron chi connectivity index (χ2n) is 3.85. The predicted octanol–water partition coefficient (Wildman–Crippen LogP) is 4.54. The van der Waals surface area contributed by atoms with Crippen molar-refractivity contribution < 1.29 is 13.2 Å². The Morgan fingerprint density at radius 3 is 2.55 bits per heavy atom. The molecule has 0 radical (unpaired) electrons. The molecule has 0 saturated carbocycles. The average molecular weight is 317 g/mol. The summed E-state index contributed by atoms with van der Waals surface area (Å²) in [5.74, 6) is 0. The molecule has 0 spiro atoms. The van der Waals surface area contributed by atoms with Crippen LogP contribution in [0.15, 0.2) is 42.7 Å². The van der Waals surface area contributed by atoms with Crippen molar-refractivity contribution in [2.45, 2.75) is 6.18 Å². The number of halogens is 4. The molecule has 1 N–H and O–H groups in total. The van der Waals surface area contributed by atoms with E-state index in [0.29, 0.717) is 5.56 Å². The van der Waals surface area contributed by atoms with E-state index in [-0.39, 0.29) is 15.7 Å². The highest BCUT2D eigenvalue weighted by Crippen LogP contribution is 2.34. The van der Waals surface area contributed by atoms with Crippen LogP contribution in [0.1, 0.15) is 11.1 Å². The Morgan fingerprint density at radius 2 is 1.90 bits per heavy atom. The molecule has 1 heterocycles. The molecule has 0 saturated heterocycles. The molecule has 104 valence electrons. The van der Waals surface area contributed by atoms with Crippen molar-refractivity contribution in [1.29, 1.82) is 0 Å².